The third kappa shape index (κ3) is 6.00. The number of hydrogen-bond acceptors (Lipinski definition) is 4. The second kappa shape index (κ2) is 9.72. The fourth-order valence-electron chi connectivity index (χ4n) is 2.09. The van der Waals surface area contributed by atoms with Crippen molar-refractivity contribution in [3.63, 3.8) is 0 Å². The molecule has 2 rings (SSSR count). The molecule has 0 atom stereocenters. The molecule has 0 aliphatic heterocycles. The summed E-state index contributed by atoms with van der Waals surface area (Å²) in [6, 6.07) is 13.1. The van der Waals surface area contributed by atoms with Gasteiger partial charge in [0, 0.05) is 16.6 Å². The summed E-state index contributed by atoms with van der Waals surface area (Å²) in [6.45, 7) is 4.64. The largest absolute Gasteiger partial charge is 0.493 e. The van der Waals surface area contributed by atoms with Crippen LogP contribution in [-0.4, -0.2) is 24.6 Å². The van der Waals surface area contributed by atoms with E-state index in [2.05, 4.69) is 31.8 Å². The first kappa shape index (κ1) is 19.7. The number of halogens is 1. The molecule has 2 aromatic rings. The molecule has 0 aliphatic rings. The molecule has 2 N–H and O–H groups in total. The van der Waals surface area contributed by atoms with Crippen LogP contribution in [0.2, 0.25) is 0 Å². The first-order chi connectivity index (χ1) is 12.5. The minimum atomic E-state index is -0.832. The quantitative estimate of drug-likeness (QED) is 0.430. The van der Waals surface area contributed by atoms with Gasteiger partial charge >= 0.3 is 11.8 Å². The first-order valence-electron chi connectivity index (χ1n) is 8.08. The number of hydrazone groups is 1. The van der Waals surface area contributed by atoms with Crippen molar-refractivity contribution in [2.75, 3.05) is 6.61 Å². The molecule has 0 aromatic heterocycles. The number of carbonyl (C=O) groups excluding carboxylic acids is 2. The maximum absolute atomic E-state index is 11.8. The lowest BCUT2D eigenvalue weighted by atomic mass is 10.1. The van der Waals surface area contributed by atoms with Gasteiger partial charge in [-0.2, -0.15) is 5.10 Å². The molecule has 2 aromatic carbocycles. The molecule has 0 unspecified atom stereocenters. The summed E-state index contributed by atoms with van der Waals surface area (Å²) in [4.78, 5) is 23.6. The molecular weight excluding hydrogens is 398 g/mol. The van der Waals surface area contributed by atoms with Gasteiger partial charge < -0.3 is 10.1 Å². The Labute approximate surface area is 160 Å². The highest BCUT2D eigenvalue weighted by molar-refractivity contribution is 9.10. The Morgan fingerprint density at radius 3 is 2.58 bits per heavy atom. The van der Waals surface area contributed by atoms with Crippen LogP contribution >= 0.6 is 15.9 Å². The molecule has 0 heterocycles. The van der Waals surface area contributed by atoms with E-state index < -0.39 is 11.8 Å². The van der Waals surface area contributed by atoms with Crippen LogP contribution in [-0.2, 0) is 16.1 Å². The van der Waals surface area contributed by atoms with Crippen LogP contribution < -0.4 is 15.5 Å². The predicted molar refractivity (Wildman–Crippen MR) is 104 cm³/mol. The molecule has 7 heteroatoms. The van der Waals surface area contributed by atoms with Crippen LogP contribution in [0, 0.1) is 6.92 Å². The minimum absolute atomic E-state index is 0.274. The molecule has 2 amide bonds. The van der Waals surface area contributed by atoms with Crippen molar-refractivity contribution >= 4 is 34.0 Å². The number of nitrogens with zero attached hydrogens (tertiary/aromatic N) is 1. The number of benzene rings is 2. The topological polar surface area (TPSA) is 79.8 Å². The van der Waals surface area contributed by atoms with E-state index in [9.17, 15) is 9.59 Å². The molecule has 0 saturated heterocycles. The summed E-state index contributed by atoms with van der Waals surface area (Å²) < 4.78 is 6.34. The number of rotatable bonds is 6. The van der Waals surface area contributed by atoms with Crippen LogP contribution in [0.25, 0.3) is 0 Å². The SMILES string of the molecule is CCOc1ccc(Br)cc1/C=N\NC(=O)C(=O)NCc1ccc(C)cc1. The molecule has 0 saturated carbocycles. The van der Waals surface area contributed by atoms with Crippen molar-refractivity contribution in [3.8, 4) is 5.75 Å². The van der Waals surface area contributed by atoms with Crippen LogP contribution in [0.1, 0.15) is 23.6 Å². The lowest BCUT2D eigenvalue weighted by Crippen LogP contribution is -2.37. The van der Waals surface area contributed by atoms with Gasteiger partial charge in [-0.3, -0.25) is 9.59 Å². The minimum Gasteiger partial charge on any atom is -0.493 e. The molecule has 0 aliphatic carbocycles. The molecule has 0 fully saturated rings. The molecule has 0 radical (unpaired) electrons. The van der Waals surface area contributed by atoms with Gasteiger partial charge in [0.05, 0.1) is 12.8 Å². The normalized spacial score (nSPS) is 10.6. The van der Waals surface area contributed by atoms with E-state index in [1.54, 1.807) is 12.1 Å². The summed E-state index contributed by atoms with van der Waals surface area (Å²) in [7, 11) is 0. The van der Waals surface area contributed by atoms with E-state index in [1.807, 2.05) is 44.2 Å². The Morgan fingerprint density at radius 2 is 1.88 bits per heavy atom. The molecule has 0 bridgehead atoms. The lowest BCUT2D eigenvalue weighted by Gasteiger charge is -2.07. The first-order valence-corrected chi connectivity index (χ1v) is 8.88. The Balaban J connectivity index is 1.89. The van der Waals surface area contributed by atoms with Gasteiger partial charge in [-0.05, 0) is 37.6 Å². The van der Waals surface area contributed by atoms with Gasteiger partial charge in [0.2, 0.25) is 0 Å². The summed E-state index contributed by atoms with van der Waals surface area (Å²) in [6.07, 6.45) is 1.43. The second-order valence-electron chi connectivity index (χ2n) is 5.48. The number of aryl methyl sites for hydroxylation is 1. The second-order valence-corrected chi connectivity index (χ2v) is 6.40. The maximum Gasteiger partial charge on any atom is 0.329 e. The van der Waals surface area contributed by atoms with Gasteiger partial charge in [-0.1, -0.05) is 45.8 Å². The van der Waals surface area contributed by atoms with Gasteiger partial charge in [0.15, 0.2) is 0 Å². The van der Waals surface area contributed by atoms with Gasteiger partial charge in [-0.25, -0.2) is 5.43 Å². The van der Waals surface area contributed by atoms with Crippen molar-refractivity contribution in [2.45, 2.75) is 20.4 Å². The highest BCUT2D eigenvalue weighted by Gasteiger charge is 2.12. The standard InChI is InChI=1S/C19H20BrN3O3/c1-3-26-17-9-8-16(20)10-15(17)12-22-23-19(25)18(24)21-11-14-6-4-13(2)5-7-14/h4-10,12H,3,11H2,1-2H3,(H,21,24)(H,23,25)/b22-12-. The fourth-order valence-corrected chi connectivity index (χ4v) is 2.47. The average molecular weight is 418 g/mol. The van der Waals surface area contributed by atoms with Crippen LogP contribution in [0.4, 0.5) is 0 Å². The molecular formula is C19H20BrN3O3. The van der Waals surface area contributed by atoms with Crippen molar-refractivity contribution in [1.29, 1.82) is 0 Å². The molecule has 26 heavy (non-hydrogen) atoms. The average Bonchev–Trinajstić information content (AvgIpc) is 2.63. The Hall–Kier alpha value is -2.67. The molecule has 0 spiro atoms. The summed E-state index contributed by atoms with van der Waals surface area (Å²) >= 11 is 3.37. The zero-order valence-corrected chi connectivity index (χ0v) is 16.2. The number of hydrogen-bond donors (Lipinski definition) is 2. The van der Waals surface area contributed by atoms with Crippen molar-refractivity contribution in [1.82, 2.24) is 10.7 Å². The summed E-state index contributed by atoms with van der Waals surface area (Å²) in [5, 5.41) is 6.38. The smallest absolute Gasteiger partial charge is 0.329 e. The highest BCUT2D eigenvalue weighted by atomic mass is 79.9. The third-order valence-electron chi connectivity index (χ3n) is 3.42. The van der Waals surface area contributed by atoms with Crippen LogP contribution in [0.5, 0.6) is 5.75 Å². The Kier molecular flexibility index (Phi) is 7.35. The molecule has 136 valence electrons. The fraction of sp³-hybridized carbons (Fsp3) is 0.211. The van der Waals surface area contributed by atoms with E-state index in [0.29, 0.717) is 17.9 Å². The third-order valence-corrected chi connectivity index (χ3v) is 3.91. The van der Waals surface area contributed by atoms with E-state index in [4.69, 9.17) is 4.74 Å². The van der Waals surface area contributed by atoms with Crippen molar-refractivity contribution in [2.24, 2.45) is 5.10 Å². The number of carbonyl (C=O) groups is 2. The van der Waals surface area contributed by atoms with Gasteiger partial charge in [0.1, 0.15) is 5.75 Å². The summed E-state index contributed by atoms with van der Waals surface area (Å²) in [5.41, 5.74) is 4.94. The zero-order chi connectivity index (χ0) is 18.9. The maximum atomic E-state index is 11.8. The van der Waals surface area contributed by atoms with E-state index >= 15 is 0 Å². The van der Waals surface area contributed by atoms with Crippen LogP contribution in [0.15, 0.2) is 52.0 Å². The van der Waals surface area contributed by atoms with Crippen LogP contribution in [0.3, 0.4) is 0 Å². The summed E-state index contributed by atoms with van der Waals surface area (Å²) in [5.74, 6) is -0.944. The Morgan fingerprint density at radius 1 is 1.15 bits per heavy atom. The van der Waals surface area contributed by atoms with Gasteiger partial charge in [-0.15, -0.1) is 0 Å². The van der Waals surface area contributed by atoms with E-state index in [1.165, 1.54) is 6.21 Å². The number of nitrogens with one attached hydrogen (secondary N) is 2. The lowest BCUT2D eigenvalue weighted by molar-refractivity contribution is -0.139. The van der Waals surface area contributed by atoms with E-state index in [0.717, 1.165) is 15.6 Å². The monoisotopic (exact) mass is 417 g/mol. The van der Waals surface area contributed by atoms with Crippen molar-refractivity contribution in [3.05, 3.63) is 63.6 Å². The predicted octanol–water partition coefficient (Wildman–Crippen LogP) is 2.92. The number of ether oxygens (including phenoxy) is 1. The molecule has 6 nitrogen and oxygen atoms in total. The van der Waals surface area contributed by atoms with Gasteiger partial charge in [0.25, 0.3) is 0 Å². The van der Waals surface area contributed by atoms with E-state index in [-0.39, 0.29) is 6.54 Å². The zero-order valence-electron chi connectivity index (χ0n) is 14.6. The number of amides is 2. The Bertz CT molecular complexity index is 804. The van der Waals surface area contributed by atoms with Crippen molar-refractivity contribution < 1.29 is 14.3 Å². The highest BCUT2D eigenvalue weighted by Crippen LogP contribution is 2.21.